The second-order valence-electron chi connectivity index (χ2n) is 3.63. The Labute approximate surface area is 85.5 Å². The maximum atomic E-state index is 5.85. The van der Waals surface area contributed by atoms with Gasteiger partial charge in [0.15, 0.2) is 0 Å². The highest BCUT2D eigenvalue weighted by atomic mass is 15.4. The zero-order valence-electron chi connectivity index (χ0n) is 9.11. The largest absolute Gasteiger partial charge is 0.323 e. The first-order chi connectivity index (χ1) is 6.77. The fourth-order valence-electron chi connectivity index (χ4n) is 1.33. The lowest BCUT2D eigenvalue weighted by Gasteiger charge is -2.01. The molecule has 1 atom stereocenters. The van der Waals surface area contributed by atoms with Crippen LogP contribution < -0.4 is 5.73 Å². The van der Waals surface area contributed by atoms with Crippen LogP contribution in [0.4, 0.5) is 0 Å². The molecule has 4 heteroatoms. The molecule has 0 fully saturated rings. The van der Waals surface area contributed by atoms with Gasteiger partial charge in [0, 0.05) is 6.54 Å². The Morgan fingerprint density at radius 3 is 2.86 bits per heavy atom. The molecule has 80 valence electrons. The van der Waals surface area contributed by atoms with Crippen LogP contribution in [0.1, 0.15) is 51.3 Å². The van der Waals surface area contributed by atoms with Crippen LogP contribution in [0.2, 0.25) is 0 Å². The monoisotopic (exact) mass is 196 g/mol. The predicted octanol–water partition coefficient (Wildman–Crippen LogP) is 1.88. The molecule has 0 aromatic carbocycles. The number of aromatic nitrogens is 3. The molecule has 0 spiro atoms. The van der Waals surface area contributed by atoms with Crippen LogP contribution in [0, 0.1) is 0 Å². The van der Waals surface area contributed by atoms with E-state index in [4.69, 9.17) is 5.73 Å². The van der Waals surface area contributed by atoms with Crippen molar-refractivity contribution in [3.05, 3.63) is 11.9 Å². The van der Waals surface area contributed by atoms with Crippen molar-refractivity contribution in [3.8, 4) is 0 Å². The number of aryl methyl sites for hydroxylation is 1. The Morgan fingerprint density at radius 1 is 1.43 bits per heavy atom. The minimum atomic E-state index is 0.0370. The number of nitrogens with two attached hydrogens (primary N) is 1. The van der Waals surface area contributed by atoms with Crippen molar-refractivity contribution in [2.45, 2.75) is 52.1 Å². The summed E-state index contributed by atoms with van der Waals surface area (Å²) in [5, 5.41) is 8.10. The molecule has 0 bridgehead atoms. The molecule has 1 unspecified atom stereocenters. The van der Waals surface area contributed by atoms with E-state index in [9.17, 15) is 0 Å². The highest BCUT2D eigenvalue weighted by molar-refractivity contribution is 4.98. The van der Waals surface area contributed by atoms with E-state index in [1.165, 1.54) is 19.3 Å². The topological polar surface area (TPSA) is 56.7 Å². The summed E-state index contributed by atoms with van der Waals surface area (Å²) < 4.78 is 1.89. The van der Waals surface area contributed by atoms with Gasteiger partial charge in [-0.05, 0) is 12.8 Å². The second-order valence-corrected chi connectivity index (χ2v) is 3.63. The number of hydrogen-bond acceptors (Lipinski definition) is 3. The van der Waals surface area contributed by atoms with Gasteiger partial charge in [0.05, 0.1) is 17.9 Å². The lowest BCUT2D eigenvalue weighted by atomic mass is 10.2. The van der Waals surface area contributed by atoms with Gasteiger partial charge in [0.25, 0.3) is 0 Å². The first-order valence-corrected chi connectivity index (χ1v) is 5.43. The number of unbranched alkanes of at least 4 members (excludes halogenated alkanes) is 2. The number of rotatable bonds is 6. The van der Waals surface area contributed by atoms with Gasteiger partial charge >= 0.3 is 0 Å². The quantitative estimate of drug-likeness (QED) is 0.707. The third-order valence-corrected chi connectivity index (χ3v) is 2.37. The SMILES string of the molecule is CCCCCn1cc(C(N)CC)nn1. The molecular formula is C10H20N4. The van der Waals surface area contributed by atoms with Crippen LogP contribution in [0.15, 0.2) is 6.20 Å². The summed E-state index contributed by atoms with van der Waals surface area (Å²) in [5.41, 5.74) is 6.75. The summed E-state index contributed by atoms with van der Waals surface area (Å²) in [5.74, 6) is 0. The minimum absolute atomic E-state index is 0.0370. The fraction of sp³-hybridized carbons (Fsp3) is 0.800. The molecule has 0 aliphatic heterocycles. The second kappa shape index (κ2) is 5.75. The first-order valence-electron chi connectivity index (χ1n) is 5.43. The van der Waals surface area contributed by atoms with Gasteiger partial charge < -0.3 is 5.73 Å². The Balaban J connectivity index is 2.42. The maximum absolute atomic E-state index is 5.85. The van der Waals surface area contributed by atoms with Crippen molar-refractivity contribution in [1.82, 2.24) is 15.0 Å². The highest BCUT2D eigenvalue weighted by Gasteiger charge is 2.07. The van der Waals surface area contributed by atoms with E-state index in [0.717, 1.165) is 18.7 Å². The van der Waals surface area contributed by atoms with Gasteiger partial charge in [0.1, 0.15) is 0 Å². The van der Waals surface area contributed by atoms with Crippen LogP contribution >= 0.6 is 0 Å². The summed E-state index contributed by atoms with van der Waals surface area (Å²) in [7, 11) is 0. The van der Waals surface area contributed by atoms with Crippen molar-refractivity contribution in [1.29, 1.82) is 0 Å². The van der Waals surface area contributed by atoms with Gasteiger partial charge in [-0.15, -0.1) is 5.10 Å². The summed E-state index contributed by atoms with van der Waals surface area (Å²) in [6, 6.07) is 0.0370. The Hall–Kier alpha value is -0.900. The molecule has 14 heavy (non-hydrogen) atoms. The number of hydrogen-bond donors (Lipinski definition) is 1. The van der Waals surface area contributed by atoms with Gasteiger partial charge in [0.2, 0.25) is 0 Å². The number of nitrogens with zero attached hydrogens (tertiary/aromatic N) is 3. The normalized spacial score (nSPS) is 13.1. The molecule has 0 amide bonds. The standard InChI is InChI=1S/C10H20N4/c1-3-5-6-7-14-8-10(12-13-14)9(11)4-2/h8-9H,3-7,11H2,1-2H3. The Bertz CT molecular complexity index is 256. The van der Waals surface area contributed by atoms with E-state index < -0.39 is 0 Å². The molecule has 1 heterocycles. The molecule has 1 aromatic heterocycles. The van der Waals surface area contributed by atoms with Crippen molar-refractivity contribution < 1.29 is 0 Å². The Morgan fingerprint density at radius 2 is 2.21 bits per heavy atom. The lowest BCUT2D eigenvalue weighted by Crippen LogP contribution is -2.08. The first kappa shape index (κ1) is 11.2. The zero-order valence-corrected chi connectivity index (χ0v) is 9.11. The summed E-state index contributed by atoms with van der Waals surface area (Å²) in [6.07, 6.45) is 6.52. The van der Waals surface area contributed by atoms with Crippen LogP contribution in [0.5, 0.6) is 0 Å². The molecule has 0 radical (unpaired) electrons. The molecule has 1 aromatic rings. The fourth-order valence-corrected chi connectivity index (χ4v) is 1.33. The van der Waals surface area contributed by atoms with E-state index in [1.54, 1.807) is 0 Å². The molecule has 4 nitrogen and oxygen atoms in total. The van der Waals surface area contributed by atoms with E-state index in [1.807, 2.05) is 10.9 Å². The molecular weight excluding hydrogens is 176 g/mol. The smallest absolute Gasteiger partial charge is 0.0993 e. The van der Waals surface area contributed by atoms with Gasteiger partial charge in [-0.3, -0.25) is 4.68 Å². The third kappa shape index (κ3) is 3.10. The molecule has 0 aliphatic rings. The van der Waals surface area contributed by atoms with Gasteiger partial charge in [-0.1, -0.05) is 31.9 Å². The van der Waals surface area contributed by atoms with Crippen molar-refractivity contribution in [3.63, 3.8) is 0 Å². The van der Waals surface area contributed by atoms with Crippen LogP contribution in [-0.2, 0) is 6.54 Å². The minimum Gasteiger partial charge on any atom is -0.323 e. The van der Waals surface area contributed by atoms with Crippen LogP contribution in [0.25, 0.3) is 0 Å². The molecule has 1 rings (SSSR count). The molecule has 2 N–H and O–H groups in total. The van der Waals surface area contributed by atoms with E-state index >= 15 is 0 Å². The zero-order chi connectivity index (χ0) is 10.4. The van der Waals surface area contributed by atoms with E-state index in [2.05, 4.69) is 24.2 Å². The average Bonchev–Trinajstić information content (AvgIpc) is 2.66. The third-order valence-electron chi connectivity index (χ3n) is 2.37. The van der Waals surface area contributed by atoms with Crippen molar-refractivity contribution in [2.24, 2.45) is 5.73 Å². The average molecular weight is 196 g/mol. The molecule has 0 saturated carbocycles. The summed E-state index contributed by atoms with van der Waals surface area (Å²) in [4.78, 5) is 0. The predicted molar refractivity (Wildman–Crippen MR) is 56.8 cm³/mol. The molecule has 0 aliphatic carbocycles. The van der Waals surface area contributed by atoms with E-state index in [0.29, 0.717) is 0 Å². The summed E-state index contributed by atoms with van der Waals surface area (Å²) in [6.45, 7) is 5.21. The Kier molecular flexibility index (Phi) is 4.59. The van der Waals surface area contributed by atoms with Gasteiger partial charge in [-0.25, -0.2) is 0 Å². The maximum Gasteiger partial charge on any atom is 0.0993 e. The summed E-state index contributed by atoms with van der Waals surface area (Å²) >= 11 is 0. The van der Waals surface area contributed by atoms with Gasteiger partial charge in [-0.2, -0.15) is 0 Å². The van der Waals surface area contributed by atoms with Crippen LogP contribution in [-0.4, -0.2) is 15.0 Å². The molecule has 0 saturated heterocycles. The van der Waals surface area contributed by atoms with Crippen molar-refractivity contribution in [2.75, 3.05) is 0 Å². The van der Waals surface area contributed by atoms with Crippen molar-refractivity contribution >= 4 is 0 Å². The van der Waals surface area contributed by atoms with Crippen LogP contribution in [0.3, 0.4) is 0 Å². The van der Waals surface area contributed by atoms with E-state index in [-0.39, 0.29) is 6.04 Å². The highest BCUT2D eigenvalue weighted by Crippen LogP contribution is 2.09. The lowest BCUT2D eigenvalue weighted by molar-refractivity contribution is 0.537.